The molecular formula is C16H13ClN3O2S+. The molecule has 0 amide bonds. The molecule has 0 unspecified atom stereocenters. The van der Waals surface area contributed by atoms with Crippen LogP contribution >= 0.6 is 22.9 Å². The van der Waals surface area contributed by atoms with E-state index in [0.29, 0.717) is 16.5 Å². The van der Waals surface area contributed by atoms with Crippen LogP contribution < -0.4 is 10.1 Å². The van der Waals surface area contributed by atoms with Crippen LogP contribution in [0.2, 0.25) is 4.47 Å². The third-order valence-electron chi connectivity index (χ3n) is 4.08. The Labute approximate surface area is 140 Å². The molecule has 116 valence electrons. The topological polar surface area (TPSA) is 69.9 Å². The normalized spacial score (nSPS) is 16.5. The molecule has 2 aromatic heterocycles. The van der Waals surface area contributed by atoms with E-state index in [2.05, 4.69) is 9.97 Å². The highest BCUT2D eigenvalue weighted by atomic mass is 35.5. The summed E-state index contributed by atoms with van der Waals surface area (Å²) in [5, 5.41) is 10.8. The molecule has 0 saturated heterocycles. The Hall–Kier alpha value is -2.18. The van der Waals surface area contributed by atoms with E-state index in [-0.39, 0.29) is 23.0 Å². The number of hydrogen-bond donors (Lipinski definition) is 2. The highest BCUT2D eigenvalue weighted by molar-refractivity contribution is 7.15. The van der Waals surface area contributed by atoms with E-state index in [0.717, 1.165) is 17.1 Å². The number of nitrogens with zero attached hydrogens (tertiary/aromatic N) is 2. The van der Waals surface area contributed by atoms with Gasteiger partial charge in [0.25, 0.3) is 11.7 Å². The van der Waals surface area contributed by atoms with Crippen molar-refractivity contribution in [3.8, 4) is 17.0 Å². The standard InChI is InChI=1S/C16H12ClN3O2S/c17-16-18-8-11(23-16)10-6-7-12-19-14(21)13(15(22)20(10)12)9-4-2-1-3-5-9/h1-5,8,10H,6-7H2,(H,21,22)/p+1/t10-/m0/s1. The lowest BCUT2D eigenvalue weighted by atomic mass is 10.1. The van der Waals surface area contributed by atoms with E-state index in [1.165, 1.54) is 11.3 Å². The molecule has 0 radical (unpaired) electrons. The first kappa shape index (κ1) is 14.4. The summed E-state index contributed by atoms with van der Waals surface area (Å²) < 4.78 is 2.26. The first-order valence-electron chi connectivity index (χ1n) is 7.21. The minimum atomic E-state index is -0.275. The molecule has 7 heteroatoms. The minimum Gasteiger partial charge on any atom is -0.477 e. The fourth-order valence-electron chi connectivity index (χ4n) is 3.08. The smallest absolute Gasteiger partial charge is 0.347 e. The van der Waals surface area contributed by atoms with E-state index < -0.39 is 0 Å². The number of hydrogen-bond acceptors (Lipinski definition) is 4. The first-order valence-corrected chi connectivity index (χ1v) is 8.41. The van der Waals surface area contributed by atoms with Crippen molar-refractivity contribution in [1.82, 2.24) is 9.97 Å². The van der Waals surface area contributed by atoms with Crippen LogP contribution in [0.5, 0.6) is 5.88 Å². The lowest BCUT2D eigenvalue weighted by molar-refractivity contribution is -0.714. The highest BCUT2D eigenvalue weighted by Crippen LogP contribution is 2.33. The van der Waals surface area contributed by atoms with Gasteiger partial charge in [-0.2, -0.15) is 4.57 Å². The summed E-state index contributed by atoms with van der Waals surface area (Å²) in [4.78, 5) is 20.3. The summed E-state index contributed by atoms with van der Waals surface area (Å²) >= 11 is 7.33. The Kier molecular flexibility index (Phi) is 3.43. The fourth-order valence-corrected chi connectivity index (χ4v) is 4.16. The molecular weight excluding hydrogens is 334 g/mol. The van der Waals surface area contributed by atoms with Gasteiger partial charge in [0.15, 0.2) is 10.0 Å². The van der Waals surface area contributed by atoms with Crippen molar-refractivity contribution >= 4 is 22.9 Å². The van der Waals surface area contributed by atoms with E-state index in [9.17, 15) is 9.90 Å². The van der Waals surface area contributed by atoms with Gasteiger partial charge in [-0.3, -0.25) is 0 Å². The number of aromatic nitrogens is 3. The van der Waals surface area contributed by atoms with Crippen molar-refractivity contribution in [1.29, 1.82) is 0 Å². The van der Waals surface area contributed by atoms with E-state index in [1.807, 2.05) is 30.3 Å². The SMILES string of the molecule is O=c1[nH]c2[n+](c(O)c1-c1ccccc1)[C@H](c1cnc(Cl)s1)CC2. The lowest BCUT2D eigenvalue weighted by Crippen LogP contribution is -2.42. The van der Waals surface area contributed by atoms with Crippen molar-refractivity contribution in [3.05, 3.63) is 62.1 Å². The summed E-state index contributed by atoms with van der Waals surface area (Å²) in [6.07, 6.45) is 3.21. The zero-order valence-corrected chi connectivity index (χ0v) is 13.6. The number of aromatic hydroxyl groups is 1. The summed E-state index contributed by atoms with van der Waals surface area (Å²) in [6.45, 7) is 0. The van der Waals surface area contributed by atoms with Gasteiger partial charge in [0.2, 0.25) is 0 Å². The molecule has 23 heavy (non-hydrogen) atoms. The number of nitrogens with one attached hydrogen (secondary N) is 1. The molecule has 1 aromatic carbocycles. The van der Waals surface area contributed by atoms with Gasteiger partial charge in [-0.05, 0) is 5.56 Å². The van der Waals surface area contributed by atoms with E-state index in [4.69, 9.17) is 11.6 Å². The third-order valence-corrected chi connectivity index (χ3v) is 5.30. The highest BCUT2D eigenvalue weighted by Gasteiger charge is 2.37. The molecule has 4 rings (SSSR count). The number of aryl methyl sites for hydroxylation is 1. The van der Waals surface area contributed by atoms with Crippen LogP contribution in [0.15, 0.2) is 41.3 Å². The largest absolute Gasteiger partial charge is 0.477 e. The molecule has 0 saturated carbocycles. The number of halogens is 1. The number of thiazole rings is 1. The van der Waals surface area contributed by atoms with Crippen molar-refractivity contribution < 1.29 is 9.67 Å². The monoisotopic (exact) mass is 346 g/mol. The molecule has 3 aromatic rings. The van der Waals surface area contributed by atoms with Crippen LogP contribution in [0.1, 0.15) is 23.2 Å². The summed E-state index contributed by atoms with van der Waals surface area (Å²) in [5.74, 6) is 0.712. The van der Waals surface area contributed by atoms with Gasteiger partial charge in [0.1, 0.15) is 6.04 Å². The fraction of sp³-hybridized carbons (Fsp3) is 0.188. The molecule has 1 aliphatic heterocycles. The predicted octanol–water partition coefficient (Wildman–Crippen LogP) is 2.68. The van der Waals surface area contributed by atoms with E-state index >= 15 is 0 Å². The second-order valence-corrected chi connectivity index (χ2v) is 7.05. The zero-order chi connectivity index (χ0) is 16.0. The van der Waals surface area contributed by atoms with Gasteiger partial charge in [0, 0.05) is 12.6 Å². The zero-order valence-electron chi connectivity index (χ0n) is 12.0. The lowest BCUT2D eigenvalue weighted by Gasteiger charge is -2.10. The number of benzene rings is 1. The van der Waals surface area contributed by atoms with Crippen molar-refractivity contribution in [2.45, 2.75) is 18.9 Å². The molecule has 3 heterocycles. The van der Waals surface area contributed by atoms with Crippen molar-refractivity contribution in [2.24, 2.45) is 0 Å². The number of H-pyrrole nitrogens is 1. The molecule has 5 nitrogen and oxygen atoms in total. The van der Waals surface area contributed by atoms with Gasteiger partial charge >= 0.3 is 5.56 Å². The number of aromatic amines is 1. The van der Waals surface area contributed by atoms with Gasteiger partial charge in [0.05, 0.1) is 11.3 Å². The van der Waals surface area contributed by atoms with E-state index in [1.54, 1.807) is 10.8 Å². The second-order valence-electron chi connectivity index (χ2n) is 5.41. The van der Waals surface area contributed by atoms with Crippen LogP contribution in [0.3, 0.4) is 0 Å². The van der Waals surface area contributed by atoms with Crippen LogP contribution in [-0.4, -0.2) is 15.1 Å². The summed E-state index contributed by atoms with van der Waals surface area (Å²) in [7, 11) is 0. The van der Waals surface area contributed by atoms with Crippen molar-refractivity contribution in [2.75, 3.05) is 0 Å². The summed E-state index contributed by atoms with van der Waals surface area (Å²) in [6, 6.07) is 9.11. The Bertz CT molecular complexity index is 936. The predicted molar refractivity (Wildman–Crippen MR) is 87.9 cm³/mol. The molecule has 0 aliphatic carbocycles. The minimum absolute atomic E-state index is 0.0121. The van der Waals surface area contributed by atoms with Gasteiger partial charge < -0.3 is 5.11 Å². The summed E-state index contributed by atoms with van der Waals surface area (Å²) in [5.41, 5.74) is 0.703. The maximum absolute atomic E-state index is 12.4. The average Bonchev–Trinajstić information content (AvgIpc) is 3.14. The number of fused-ring (bicyclic) bond motifs is 1. The molecule has 2 N–H and O–H groups in total. The Morgan fingerprint density at radius 3 is 2.83 bits per heavy atom. The average molecular weight is 347 g/mol. The molecule has 0 spiro atoms. The van der Waals surface area contributed by atoms with Gasteiger partial charge in [-0.25, -0.2) is 14.8 Å². The molecule has 1 aliphatic rings. The quantitative estimate of drug-likeness (QED) is 0.701. The van der Waals surface area contributed by atoms with Crippen molar-refractivity contribution in [3.63, 3.8) is 0 Å². The van der Waals surface area contributed by atoms with Crippen LogP contribution in [0.4, 0.5) is 0 Å². The second kappa shape index (κ2) is 5.47. The molecule has 0 bridgehead atoms. The molecule has 1 atom stereocenters. The van der Waals surface area contributed by atoms with Crippen LogP contribution in [-0.2, 0) is 6.42 Å². The van der Waals surface area contributed by atoms with Crippen LogP contribution in [0.25, 0.3) is 11.1 Å². The van der Waals surface area contributed by atoms with Gasteiger partial charge in [-0.1, -0.05) is 41.9 Å². The maximum Gasteiger partial charge on any atom is 0.347 e. The maximum atomic E-state index is 12.4. The third kappa shape index (κ3) is 2.34. The number of rotatable bonds is 2. The van der Waals surface area contributed by atoms with Crippen LogP contribution in [0, 0.1) is 0 Å². The molecule has 0 fully saturated rings. The Balaban J connectivity index is 1.92. The first-order chi connectivity index (χ1) is 11.1. The Morgan fingerprint density at radius 1 is 1.35 bits per heavy atom. The Morgan fingerprint density at radius 2 is 2.13 bits per heavy atom. The van der Waals surface area contributed by atoms with Gasteiger partial charge in [-0.15, -0.1) is 11.3 Å².